The summed E-state index contributed by atoms with van der Waals surface area (Å²) in [6, 6.07) is 14.8. The number of nitrogens with zero attached hydrogens (tertiary/aromatic N) is 1. The second-order valence-corrected chi connectivity index (χ2v) is 8.34. The Kier molecular flexibility index (Phi) is 8.72. The summed E-state index contributed by atoms with van der Waals surface area (Å²) in [7, 11) is -0.0601. The summed E-state index contributed by atoms with van der Waals surface area (Å²) in [5.41, 5.74) is 2.00. The molecule has 1 aliphatic rings. The van der Waals surface area contributed by atoms with E-state index in [9.17, 15) is 8.42 Å². The van der Waals surface area contributed by atoms with Crippen LogP contribution in [0.3, 0.4) is 0 Å². The highest BCUT2D eigenvalue weighted by atomic mass is 127. The number of para-hydroxylation sites is 1. The lowest BCUT2D eigenvalue weighted by atomic mass is 10.2. The minimum Gasteiger partial charge on any atom is -0.496 e. The molecule has 2 aromatic carbocycles. The quantitative estimate of drug-likeness (QED) is 0.277. The molecule has 0 atom stereocenters. The number of aliphatic imine (C=N–C) groups is 1. The molecular formula is C20H27IN4O3S. The molecule has 0 amide bonds. The Morgan fingerprint density at radius 2 is 1.72 bits per heavy atom. The van der Waals surface area contributed by atoms with Crippen molar-refractivity contribution in [2.45, 2.75) is 36.9 Å². The predicted octanol–water partition coefficient (Wildman–Crippen LogP) is 2.62. The van der Waals surface area contributed by atoms with Crippen LogP contribution in [0.25, 0.3) is 0 Å². The number of hydrogen-bond acceptors (Lipinski definition) is 4. The van der Waals surface area contributed by atoms with E-state index < -0.39 is 10.0 Å². The van der Waals surface area contributed by atoms with Crippen LogP contribution < -0.4 is 20.1 Å². The minimum atomic E-state index is -3.41. The lowest BCUT2D eigenvalue weighted by Gasteiger charge is -2.14. The topological polar surface area (TPSA) is 91.8 Å². The van der Waals surface area contributed by atoms with Crippen LogP contribution in [0.15, 0.2) is 58.4 Å². The van der Waals surface area contributed by atoms with Gasteiger partial charge in [-0.1, -0.05) is 30.3 Å². The van der Waals surface area contributed by atoms with Gasteiger partial charge in [-0.3, -0.25) is 4.99 Å². The van der Waals surface area contributed by atoms with Gasteiger partial charge in [0.2, 0.25) is 10.0 Å². The molecule has 0 saturated heterocycles. The zero-order chi connectivity index (χ0) is 20.0. The SMILES string of the molecule is CN=C(NCc1ccc(S(=O)(=O)NC2CC2)cc1)NCc1ccccc1OC.I. The molecule has 3 rings (SSSR count). The third-order valence-corrected chi connectivity index (χ3v) is 5.99. The summed E-state index contributed by atoms with van der Waals surface area (Å²) in [5.74, 6) is 1.47. The van der Waals surface area contributed by atoms with Crippen LogP contribution in [0.2, 0.25) is 0 Å². The van der Waals surface area contributed by atoms with Crippen LogP contribution in [0, 0.1) is 0 Å². The van der Waals surface area contributed by atoms with Crippen LogP contribution in [-0.2, 0) is 23.1 Å². The van der Waals surface area contributed by atoms with Crippen LogP contribution in [0.4, 0.5) is 0 Å². The first-order valence-corrected chi connectivity index (χ1v) is 10.7. The van der Waals surface area contributed by atoms with Gasteiger partial charge in [-0.05, 0) is 36.6 Å². The molecule has 3 N–H and O–H groups in total. The number of rotatable bonds is 8. The van der Waals surface area contributed by atoms with Crippen molar-refractivity contribution in [2.75, 3.05) is 14.2 Å². The van der Waals surface area contributed by atoms with E-state index in [1.807, 2.05) is 36.4 Å². The van der Waals surface area contributed by atoms with Crippen molar-refractivity contribution in [2.24, 2.45) is 4.99 Å². The Morgan fingerprint density at radius 1 is 1.07 bits per heavy atom. The highest BCUT2D eigenvalue weighted by molar-refractivity contribution is 14.0. The molecule has 0 radical (unpaired) electrons. The number of guanidine groups is 1. The van der Waals surface area contributed by atoms with Crippen molar-refractivity contribution in [3.8, 4) is 5.75 Å². The fourth-order valence-electron chi connectivity index (χ4n) is 2.71. The van der Waals surface area contributed by atoms with E-state index >= 15 is 0 Å². The fraction of sp³-hybridized carbons (Fsp3) is 0.350. The van der Waals surface area contributed by atoms with Gasteiger partial charge < -0.3 is 15.4 Å². The monoisotopic (exact) mass is 530 g/mol. The average molecular weight is 530 g/mol. The number of methoxy groups -OCH3 is 1. The Hall–Kier alpha value is -1.85. The first-order valence-electron chi connectivity index (χ1n) is 9.19. The van der Waals surface area contributed by atoms with Crippen LogP contribution in [0.1, 0.15) is 24.0 Å². The minimum absolute atomic E-state index is 0. The molecule has 9 heteroatoms. The normalized spacial score (nSPS) is 14.1. The van der Waals surface area contributed by atoms with E-state index in [1.165, 1.54) is 0 Å². The van der Waals surface area contributed by atoms with E-state index in [0.717, 1.165) is 29.7 Å². The molecule has 1 saturated carbocycles. The van der Waals surface area contributed by atoms with Gasteiger partial charge in [0, 0.05) is 31.7 Å². The van der Waals surface area contributed by atoms with E-state index in [-0.39, 0.29) is 30.0 Å². The summed E-state index contributed by atoms with van der Waals surface area (Å²) in [6.07, 6.45) is 1.84. The van der Waals surface area contributed by atoms with Crippen molar-refractivity contribution in [1.29, 1.82) is 0 Å². The van der Waals surface area contributed by atoms with Gasteiger partial charge in [-0.2, -0.15) is 0 Å². The number of sulfonamides is 1. The van der Waals surface area contributed by atoms with Gasteiger partial charge in [0.1, 0.15) is 5.75 Å². The van der Waals surface area contributed by atoms with Crippen molar-refractivity contribution in [1.82, 2.24) is 15.4 Å². The van der Waals surface area contributed by atoms with Gasteiger partial charge in [0.15, 0.2) is 5.96 Å². The van der Waals surface area contributed by atoms with Gasteiger partial charge in [0.05, 0.1) is 12.0 Å². The molecule has 0 bridgehead atoms. The molecule has 2 aromatic rings. The molecule has 0 aliphatic heterocycles. The summed E-state index contributed by atoms with van der Waals surface area (Å²) in [6.45, 7) is 1.11. The van der Waals surface area contributed by atoms with Crippen LogP contribution in [0.5, 0.6) is 5.75 Å². The highest BCUT2D eigenvalue weighted by Gasteiger charge is 2.27. The van der Waals surface area contributed by atoms with Crippen molar-refractivity contribution in [3.05, 3.63) is 59.7 Å². The maximum Gasteiger partial charge on any atom is 0.240 e. The maximum absolute atomic E-state index is 12.2. The molecule has 0 unspecified atom stereocenters. The molecule has 0 spiro atoms. The first-order chi connectivity index (χ1) is 13.5. The Bertz CT molecular complexity index is 929. The number of nitrogens with one attached hydrogen (secondary N) is 3. The highest BCUT2D eigenvalue weighted by Crippen LogP contribution is 2.22. The van der Waals surface area contributed by atoms with Crippen molar-refractivity contribution >= 4 is 40.0 Å². The smallest absolute Gasteiger partial charge is 0.240 e. The van der Waals surface area contributed by atoms with Crippen molar-refractivity contribution in [3.63, 3.8) is 0 Å². The van der Waals surface area contributed by atoms with Gasteiger partial charge in [-0.15, -0.1) is 24.0 Å². The summed E-state index contributed by atoms with van der Waals surface area (Å²) < 4.78 is 32.5. The number of hydrogen-bond donors (Lipinski definition) is 3. The van der Waals surface area contributed by atoms with Crippen LogP contribution >= 0.6 is 24.0 Å². The molecule has 158 valence electrons. The summed E-state index contributed by atoms with van der Waals surface area (Å²) in [4.78, 5) is 4.51. The first kappa shape index (κ1) is 23.4. The standard InChI is InChI=1S/C20H26N4O3S.HI/c1-21-20(23-14-16-5-3-4-6-19(16)27-2)22-13-15-7-11-18(12-8-15)28(25,26)24-17-9-10-17;/h3-8,11-12,17,24H,9-10,13-14H2,1-2H3,(H2,21,22,23);1H. The number of benzene rings is 2. The Balaban J connectivity index is 0.00000300. The molecular weight excluding hydrogens is 503 g/mol. The largest absolute Gasteiger partial charge is 0.496 e. The van der Waals surface area contributed by atoms with E-state index in [4.69, 9.17) is 4.74 Å². The van der Waals surface area contributed by atoms with E-state index in [1.54, 1.807) is 26.3 Å². The van der Waals surface area contributed by atoms with Gasteiger partial charge in [-0.25, -0.2) is 13.1 Å². The third kappa shape index (κ3) is 6.86. The third-order valence-electron chi connectivity index (χ3n) is 4.46. The maximum atomic E-state index is 12.2. The number of halogens is 1. The average Bonchev–Trinajstić information content (AvgIpc) is 3.52. The van der Waals surface area contributed by atoms with Crippen LogP contribution in [-0.4, -0.2) is 34.6 Å². The molecule has 1 aliphatic carbocycles. The summed E-state index contributed by atoms with van der Waals surface area (Å²) >= 11 is 0. The molecule has 0 aromatic heterocycles. The lowest BCUT2D eigenvalue weighted by molar-refractivity contribution is 0.409. The van der Waals surface area contributed by atoms with E-state index in [0.29, 0.717) is 23.9 Å². The molecule has 0 heterocycles. The zero-order valence-electron chi connectivity index (χ0n) is 16.5. The summed E-state index contributed by atoms with van der Waals surface area (Å²) in [5, 5.41) is 6.47. The molecule has 7 nitrogen and oxygen atoms in total. The predicted molar refractivity (Wildman–Crippen MR) is 125 cm³/mol. The second kappa shape index (κ2) is 10.8. The Labute approximate surface area is 189 Å². The van der Waals surface area contributed by atoms with Crippen molar-refractivity contribution < 1.29 is 13.2 Å². The molecule has 1 fully saturated rings. The lowest BCUT2D eigenvalue weighted by Crippen LogP contribution is -2.36. The zero-order valence-corrected chi connectivity index (χ0v) is 19.7. The fourth-order valence-corrected chi connectivity index (χ4v) is 4.01. The van der Waals surface area contributed by atoms with Gasteiger partial charge in [0.25, 0.3) is 0 Å². The Morgan fingerprint density at radius 3 is 2.34 bits per heavy atom. The second-order valence-electron chi connectivity index (χ2n) is 6.63. The molecule has 29 heavy (non-hydrogen) atoms. The van der Waals surface area contributed by atoms with E-state index in [2.05, 4.69) is 20.3 Å². The number of ether oxygens (including phenoxy) is 1. The van der Waals surface area contributed by atoms with Gasteiger partial charge >= 0.3 is 0 Å².